The lowest BCUT2D eigenvalue weighted by molar-refractivity contribution is 0.622. The van der Waals surface area contributed by atoms with Gasteiger partial charge in [-0.2, -0.15) is 0 Å². The number of hydrogen-bond donors (Lipinski definition) is 0. The molecule has 0 unspecified atom stereocenters. The molecule has 3 nitrogen and oxygen atoms in total. The van der Waals surface area contributed by atoms with Gasteiger partial charge in [-0.25, -0.2) is 15.0 Å². The van der Waals surface area contributed by atoms with Crippen molar-refractivity contribution in [2.45, 2.75) is 38.5 Å². The zero-order valence-corrected chi connectivity index (χ0v) is 31.6. The third kappa shape index (κ3) is 5.39. The van der Waals surface area contributed by atoms with Crippen molar-refractivity contribution in [1.82, 2.24) is 15.0 Å². The Balaban J connectivity index is 1.10. The van der Waals surface area contributed by atoms with Crippen LogP contribution in [-0.4, -0.2) is 21.7 Å². The molecule has 2 aliphatic rings. The first kappa shape index (κ1) is 33.2. The first-order chi connectivity index (χ1) is 26.8. The van der Waals surface area contributed by atoms with E-state index in [1.807, 2.05) is 60.7 Å². The Bertz CT molecular complexity index is 2630. The molecule has 1 aromatic heterocycles. The molecular formula is C51H40BN3. The van der Waals surface area contributed by atoms with Gasteiger partial charge in [-0.3, -0.25) is 0 Å². The molecule has 7 aromatic carbocycles. The van der Waals surface area contributed by atoms with E-state index >= 15 is 0 Å². The largest absolute Gasteiger partial charge is 0.242 e. The molecule has 2 aliphatic heterocycles. The second-order valence-electron chi connectivity index (χ2n) is 16.0. The molecule has 0 amide bonds. The molecule has 0 fully saturated rings. The monoisotopic (exact) mass is 705 g/mol. The van der Waals surface area contributed by atoms with Crippen molar-refractivity contribution in [3.63, 3.8) is 0 Å². The number of benzene rings is 7. The van der Waals surface area contributed by atoms with E-state index in [0.717, 1.165) is 27.8 Å². The predicted molar refractivity (Wildman–Crippen MR) is 229 cm³/mol. The van der Waals surface area contributed by atoms with Gasteiger partial charge in [0.05, 0.1) is 0 Å². The minimum atomic E-state index is -0.150. The lowest BCUT2D eigenvalue weighted by Gasteiger charge is -2.47. The van der Waals surface area contributed by atoms with Gasteiger partial charge >= 0.3 is 0 Å². The molecule has 0 saturated carbocycles. The van der Waals surface area contributed by atoms with Gasteiger partial charge in [-0.1, -0.05) is 202 Å². The molecular weight excluding hydrogens is 665 g/mol. The minimum absolute atomic E-state index is 0.150. The van der Waals surface area contributed by atoms with Crippen LogP contribution < -0.4 is 16.4 Å². The maximum absolute atomic E-state index is 5.01. The Morgan fingerprint density at radius 1 is 0.327 bits per heavy atom. The average molecular weight is 706 g/mol. The fraction of sp³-hybridized carbons (Fsp3) is 0.118. The fourth-order valence-electron chi connectivity index (χ4n) is 9.22. The molecule has 55 heavy (non-hydrogen) atoms. The highest BCUT2D eigenvalue weighted by atomic mass is 15.0. The molecule has 262 valence electrons. The molecule has 0 N–H and O–H groups in total. The molecule has 0 bridgehead atoms. The molecule has 0 spiro atoms. The number of hydrogen-bond acceptors (Lipinski definition) is 3. The molecule has 10 rings (SSSR count). The molecule has 4 heteroatoms. The van der Waals surface area contributed by atoms with E-state index in [1.165, 1.54) is 49.8 Å². The summed E-state index contributed by atoms with van der Waals surface area (Å²) < 4.78 is 0. The number of aromatic nitrogens is 3. The van der Waals surface area contributed by atoms with Crippen molar-refractivity contribution in [3.8, 4) is 56.4 Å². The third-order valence-corrected chi connectivity index (χ3v) is 12.1. The Kier molecular flexibility index (Phi) is 7.61. The van der Waals surface area contributed by atoms with Crippen LogP contribution >= 0.6 is 0 Å². The van der Waals surface area contributed by atoms with Crippen LogP contribution in [0.4, 0.5) is 0 Å². The van der Waals surface area contributed by atoms with Crippen LogP contribution in [0, 0.1) is 0 Å². The highest BCUT2D eigenvalue weighted by Crippen LogP contribution is 2.43. The topological polar surface area (TPSA) is 38.7 Å². The van der Waals surface area contributed by atoms with Gasteiger partial charge in [-0.05, 0) is 56.6 Å². The summed E-state index contributed by atoms with van der Waals surface area (Å²) in [5, 5.41) is 0. The Morgan fingerprint density at radius 3 is 1.18 bits per heavy atom. The minimum Gasteiger partial charge on any atom is -0.208 e. The normalized spacial score (nSPS) is 14.4. The van der Waals surface area contributed by atoms with E-state index in [0.29, 0.717) is 17.5 Å². The van der Waals surface area contributed by atoms with E-state index in [4.69, 9.17) is 15.0 Å². The van der Waals surface area contributed by atoms with Crippen LogP contribution in [0.5, 0.6) is 0 Å². The molecule has 3 heterocycles. The smallest absolute Gasteiger partial charge is 0.208 e. The second kappa shape index (κ2) is 12.6. The maximum atomic E-state index is 5.01. The van der Waals surface area contributed by atoms with E-state index in [1.54, 1.807) is 0 Å². The summed E-state index contributed by atoms with van der Waals surface area (Å²) in [5.74, 6) is 1.97. The van der Waals surface area contributed by atoms with Gasteiger partial charge in [0.1, 0.15) is 0 Å². The highest BCUT2D eigenvalue weighted by molar-refractivity contribution is 6.97. The highest BCUT2D eigenvalue weighted by Gasteiger charge is 2.48. The van der Waals surface area contributed by atoms with E-state index < -0.39 is 0 Å². The Labute approximate surface area is 323 Å². The number of rotatable bonds is 5. The Morgan fingerprint density at radius 2 is 0.691 bits per heavy atom. The summed E-state index contributed by atoms with van der Waals surface area (Å²) in [5.41, 5.74) is 17.3. The summed E-state index contributed by atoms with van der Waals surface area (Å²) in [6, 6.07) is 61.1. The standard InChI is InChI=1S/C51H40BN3/c1-50(2)40-25-11-13-27-44(40)52-45-28-14-12-26-41(45)51(3,4)43-32-39(31-42(50)46(43)52)37-23-15-21-35(29-37)36-22-16-24-38(30-36)49-54-47(33-17-7-5-8-18-33)53-48(55-49)34-19-9-6-10-20-34/h5-32H,1-4H3. The first-order valence-corrected chi connectivity index (χ1v) is 19.2. The average Bonchev–Trinajstić information content (AvgIpc) is 3.24. The van der Waals surface area contributed by atoms with Crippen LogP contribution in [0.15, 0.2) is 170 Å². The predicted octanol–water partition coefficient (Wildman–Crippen LogP) is 10.0. The van der Waals surface area contributed by atoms with Crippen molar-refractivity contribution in [1.29, 1.82) is 0 Å². The summed E-state index contributed by atoms with van der Waals surface area (Å²) >= 11 is 0. The van der Waals surface area contributed by atoms with Gasteiger partial charge in [0.2, 0.25) is 6.71 Å². The zero-order chi connectivity index (χ0) is 37.3. The zero-order valence-electron chi connectivity index (χ0n) is 31.6. The van der Waals surface area contributed by atoms with Gasteiger partial charge < -0.3 is 0 Å². The van der Waals surface area contributed by atoms with Crippen LogP contribution in [-0.2, 0) is 10.8 Å². The van der Waals surface area contributed by atoms with Crippen LogP contribution in [0.25, 0.3) is 56.4 Å². The van der Waals surface area contributed by atoms with Gasteiger partial charge in [0.25, 0.3) is 0 Å². The lowest BCUT2D eigenvalue weighted by atomic mass is 9.27. The van der Waals surface area contributed by atoms with Gasteiger partial charge in [-0.15, -0.1) is 0 Å². The molecule has 0 saturated heterocycles. The van der Waals surface area contributed by atoms with Crippen molar-refractivity contribution in [2.24, 2.45) is 0 Å². The number of nitrogens with zero attached hydrogens (tertiary/aromatic N) is 3. The molecule has 0 atom stereocenters. The van der Waals surface area contributed by atoms with Crippen molar-refractivity contribution in [3.05, 3.63) is 192 Å². The van der Waals surface area contributed by atoms with Crippen molar-refractivity contribution in [2.75, 3.05) is 0 Å². The van der Waals surface area contributed by atoms with E-state index in [-0.39, 0.29) is 17.5 Å². The van der Waals surface area contributed by atoms with E-state index in [9.17, 15) is 0 Å². The summed E-state index contributed by atoms with van der Waals surface area (Å²) in [7, 11) is 0. The molecule has 0 radical (unpaired) electrons. The fourth-order valence-corrected chi connectivity index (χ4v) is 9.22. The summed E-state index contributed by atoms with van der Waals surface area (Å²) in [4.78, 5) is 14.9. The molecule has 8 aromatic rings. The molecule has 0 aliphatic carbocycles. The van der Waals surface area contributed by atoms with Crippen LogP contribution in [0.2, 0.25) is 0 Å². The van der Waals surface area contributed by atoms with E-state index in [2.05, 4.69) is 137 Å². The second-order valence-corrected chi connectivity index (χ2v) is 16.0. The Hall–Kier alpha value is -6.39. The third-order valence-electron chi connectivity index (χ3n) is 12.1. The van der Waals surface area contributed by atoms with Gasteiger partial charge in [0.15, 0.2) is 17.5 Å². The van der Waals surface area contributed by atoms with Crippen molar-refractivity contribution < 1.29 is 0 Å². The summed E-state index contributed by atoms with van der Waals surface area (Å²) in [6.07, 6.45) is 0. The summed E-state index contributed by atoms with van der Waals surface area (Å²) in [6.45, 7) is 9.85. The number of fused-ring (bicyclic) bond motifs is 4. The lowest BCUT2D eigenvalue weighted by Crippen LogP contribution is -2.66. The quantitative estimate of drug-likeness (QED) is 0.167. The maximum Gasteiger partial charge on any atom is 0.242 e. The van der Waals surface area contributed by atoms with Crippen LogP contribution in [0.1, 0.15) is 49.9 Å². The van der Waals surface area contributed by atoms with Crippen LogP contribution in [0.3, 0.4) is 0 Å². The van der Waals surface area contributed by atoms with Crippen molar-refractivity contribution >= 4 is 23.1 Å². The SMILES string of the molecule is CC1(C)c2ccccc2B2c3ccccc3C(C)(C)c3cc(-c4cccc(-c5cccc(-c6nc(-c7ccccc7)nc(-c7ccccc7)n6)c5)c4)cc1c32. The first-order valence-electron chi connectivity index (χ1n) is 19.2. The van der Waals surface area contributed by atoms with Gasteiger partial charge in [0, 0.05) is 27.5 Å².